The van der Waals surface area contributed by atoms with Gasteiger partial charge in [-0.15, -0.1) is 0 Å². The van der Waals surface area contributed by atoms with Crippen molar-refractivity contribution in [3.05, 3.63) is 74.7 Å². The third-order valence-electron chi connectivity index (χ3n) is 5.23. The van der Waals surface area contributed by atoms with Gasteiger partial charge >= 0.3 is 5.69 Å². The van der Waals surface area contributed by atoms with Crippen LogP contribution < -0.4 is 11.2 Å². The van der Waals surface area contributed by atoms with Crippen LogP contribution in [0.4, 0.5) is 0 Å². The molecule has 6 nitrogen and oxygen atoms in total. The fourth-order valence-corrected chi connectivity index (χ4v) is 3.75. The predicted molar refractivity (Wildman–Crippen MR) is 101 cm³/mol. The molecule has 0 bridgehead atoms. The van der Waals surface area contributed by atoms with Crippen LogP contribution >= 0.6 is 0 Å². The lowest BCUT2D eigenvalue weighted by Crippen LogP contribution is -2.39. The molecule has 1 aromatic carbocycles. The quantitative estimate of drug-likeness (QED) is 0.786. The summed E-state index contributed by atoms with van der Waals surface area (Å²) in [6.07, 6.45) is 5.35. The number of likely N-dealkylation sites (tertiary alicyclic amines) is 1. The molecule has 134 valence electrons. The maximum Gasteiger partial charge on any atom is 0.328 e. The molecule has 1 fully saturated rings. The van der Waals surface area contributed by atoms with Crippen LogP contribution in [0.5, 0.6) is 0 Å². The van der Waals surface area contributed by atoms with Crippen LogP contribution in [-0.4, -0.2) is 32.5 Å². The third-order valence-corrected chi connectivity index (χ3v) is 5.23. The minimum atomic E-state index is -0.306. The van der Waals surface area contributed by atoms with Gasteiger partial charge in [-0.2, -0.15) is 0 Å². The van der Waals surface area contributed by atoms with Gasteiger partial charge in [-0.05, 0) is 37.5 Å². The highest BCUT2D eigenvalue weighted by Crippen LogP contribution is 2.24. The van der Waals surface area contributed by atoms with Gasteiger partial charge in [0.2, 0.25) is 0 Å². The average Bonchev–Trinajstić information content (AvgIpc) is 2.66. The number of aromatic amines is 1. The first kappa shape index (κ1) is 16.7. The highest BCUT2D eigenvalue weighted by Gasteiger charge is 2.22. The lowest BCUT2D eigenvalue weighted by Gasteiger charge is -2.33. The summed E-state index contributed by atoms with van der Waals surface area (Å²) in [4.78, 5) is 32.9. The molecule has 1 saturated heterocycles. The van der Waals surface area contributed by atoms with Crippen LogP contribution in [-0.2, 0) is 6.54 Å². The van der Waals surface area contributed by atoms with Crippen molar-refractivity contribution in [3.63, 3.8) is 0 Å². The standard InChI is InChI=1S/C20H22N4O2/c1-14-12-24(20(26)22-19(14)25)16-7-10-23(11-8-16)13-15-6-9-21-18-5-3-2-4-17(15)18/h2-6,9,12,16H,7-8,10-11,13H2,1H3,(H,22,25,26). The number of pyridine rings is 1. The maximum absolute atomic E-state index is 12.1. The SMILES string of the molecule is Cc1cn(C2CCN(Cc3ccnc4ccccc34)CC2)c(=O)[nH]c1=O. The van der Waals surface area contributed by atoms with Gasteiger partial charge in [-0.3, -0.25) is 24.2 Å². The van der Waals surface area contributed by atoms with Crippen molar-refractivity contribution in [1.82, 2.24) is 19.4 Å². The summed E-state index contributed by atoms with van der Waals surface area (Å²) in [6.45, 7) is 4.46. The summed E-state index contributed by atoms with van der Waals surface area (Å²) < 4.78 is 1.69. The van der Waals surface area contributed by atoms with Crippen LogP contribution in [0.3, 0.4) is 0 Å². The van der Waals surface area contributed by atoms with Crippen LogP contribution in [0.2, 0.25) is 0 Å². The van der Waals surface area contributed by atoms with Crippen LogP contribution in [0.15, 0.2) is 52.3 Å². The molecule has 0 radical (unpaired) electrons. The predicted octanol–water partition coefficient (Wildman–Crippen LogP) is 2.23. The highest BCUT2D eigenvalue weighted by molar-refractivity contribution is 5.81. The lowest BCUT2D eigenvalue weighted by molar-refractivity contribution is 0.177. The molecular formula is C20H22N4O2. The van der Waals surface area contributed by atoms with E-state index >= 15 is 0 Å². The Kier molecular flexibility index (Phi) is 4.42. The topological polar surface area (TPSA) is 71.0 Å². The summed E-state index contributed by atoms with van der Waals surface area (Å²) in [6, 6.07) is 10.4. The smallest absolute Gasteiger partial charge is 0.299 e. The Hall–Kier alpha value is -2.73. The van der Waals surface area contributed by atoms with Gasteiger partial charge < -0.3 is 0 Å². The minimum Gasteiger partial charge on any atom is -0.299 e. The van der Waals surface area contributed by atoms with E-state index < -0.39 is 0 Å². The van der Waals surface area contributed by atoms with Gasteiger partial charge in [-0.1, -0.05) is 18.2 Å². The summed E-state index contributed by atoms with van der Waals surface area (Å²) in [5.41, 5.74) is 2.28. The second kappa shape index (κ2) is 6.88. The second-order valence-corrected chi connectivity index (χ2v) is 6.97. The number of rotatable bonds is 3. The molecule has 1 N–H and O–H groups in total. The van der Waals surface area contributed by atoms with Crippen molar-refractivity contribution in [2.75, 3.05) is 13.1 Å². The highest BCUT2D eigenvalue weighted by atomic mass is 16.2. The molecule has 0 saturated carbocycles. The number of benzene rings is 1. The molecule has 1 aliphatic heterocycles. The van der Waals surface area contributed by atoms with Crippen LogP contribution in [0.25, 0.3) is 10.9 Å². The van der Waals surface area contributed by atoms with E-state index in [9.17, 15) is 9.59 Å². The molecule has 3 heterocycles. The number of para-hydroxylation sites is 1. The molecule has 0 unspecified atom stereocenters. The first-order valence-electron chi connectivity index (χ1n) is 8.99. The Morgan fingerprint density at radius 1 is 1.15 bits per heavy atom. The van der Waals surface area contributed by atoms with Gasteiger partial charge in [0.15, 0.2) is 0 Å². The first-order chi connectivity index (χ1) is 12.6. The molecule has 0 aliphatic carbocycles. The summed E-state index contributed by atoms with van der Waals surface area (Å²) in [5.74, 6) is 0. The molecule has 3 aromatic rings. The molecular weight excluding hydrogens is 328 g/mol. The van der Waals surface area contributed by atoms with Crippen molar-refractivity contribution < 1.29 is 0 Å². The minimum absolute atomic E-state index is 0.142. The Morgan fingerprint density at radius 2 is 1.92 bits per heavy atom. The van der Waals surface area contributed by atoms with Gasteiger partial charge in [0.05, 0.1) is 5.52 Å². The fourth-order valence-electron chi connectivity index (χ4n) is 3.75. The van der Waals surface area contributed by atoms with Gasteiger partial charge in [0.1, 0.15) is 0 Å². The molecule has 26 heavy (non-hydrogen) atoms. The summed E-state index contributed by atoms with van der Waals surface area (Å²) in [7, 11) is 0. The van der Waals surface area contributed by atoms with Gasteiger partial charge in [-0.25, -0.2) is 4.79 Å². The van der Waals surface area contributed by atoms with E-state index in [1.54, 1.807) is 17.7 Å². The Labute approximate surface area is 151 Å². The Bertz CT molecular complexity index is 1040. The van der Waals surface area contributed by atoms with Gasteiger partial charge in [0, 0.05) is 49.0 Å². The molecule has 4 rings (SSSR count). The van der Waals surface area contributed by atoms with E-state index in [4.69, 9.17) is 0 Å². The van der Waals surface area contributed by atoms with E-state index in [0.717, 1.165) is 38.0 Å². The third kappa shape index (κ3) is 3.20. The maximum atomic E-state index is 12.1. The average molecular weight is 350 g/mol. The zero-order chi connectivity index (χ0) is 18.1. The number of nitrogens with one attached hydrogen (secondary N) is 1. The number of H-pyrrole nitrogens is 1. The van der Waals surface area contributed by atoms with Crippen molar-refractivity contribution >= 4 is 10.9 Å². The number of piperidine rings is 1. The van der Waals surface area contributed by atoms with E-state index in [2.05, 4.69) is 27.0 Å². The number of aryl methyl sites for hydroxylation is 1. The molecule has 0 spiro atoms. The van der Waals surface area contributed by atoms with Gasteiger partial charge in [0.25, 0.3) is 5.56 Å². The first-order valence-corrected chi connectivity index (χ1v) is 8.99. The van der Waals surface area contributed by atoms with E-state index in [1.807, 2.05) is 24.4 Å². The zero-order valence-corrected chi connectivity index (χ0v) is 14.8. The number of nitrogens with zero attached hydrogens (tertiary/aromatic N) is 3. The number of hydrogen-bond acceptors (Lipinski definition) is 4. The summed E-state index contributed by atoms with van der Waals surface area (Å²) >= 11 is 0. The molecule has 6 heteroatoms. The monoisotopic (exact) mass is 350 g/mol. The van der Waals surface area contributed by atoms with Crippen LogP contribution in [0, 0.1) is 6.92 Å². The fraction of sp³-hybridized carbons (Fsp3) is 0.350. The molecule has 0 atom stereocenters. The molecule has 1 aliphatic rings. The van der Waals surface area contributed by atoms with E-state index in [-0.39, 0.29) is 17.3 Å². The van der Waals surface area contributed by atoms with Crippen molar-refractivity contribution in [2.24, 2.45) is 0 Å². The largest absolute Gasteiger partial charge is 0.328 e. The van der Waals surface area contributed by atoms with Crippen molar-refractivity contribution in [2.45, 2.75) is 32.4 Å². The zero-order valence-electron chi connectivity index (χ0n) is 14.8. The normalized spacial score (nSPS) is 16.2. The van der Waals surface area contributed by atoms with Crippen molar-refractivity contribution in [3.8, 4) is 0 Å². The van der Waals surface area contributed by atoms with E-state index in [0.29, 0.717) is 5.56 Å². The van der Waals surface area contributed by atoms with Crippen molar-refractivity contribution in [1.29, 1.82) is 0 Å². The molecule has 2 aromatic heterocycles. The molecule has 0 amide bonds. The number of fused-ring (bicyclic) bond motifs is 1. The van der Waals surface area contributed by atoms with E-state index in [1.165, 1.54) is 10.9 Å². The summed E-state index contributed by atoms with van der Waals surface area (Å²) in [5, 5.41) is 1.20. The number of hydrogen-bond donors (Lipinski definition) is 1. The Morgan fingerprint density at radius 3 is 2.73 bits per heavy atom. The Balaban J connectivity index is 1.48. The van der Waals surface area contributed by atoms with Crippen LogP contribution in [0.1, 0.15) is 30.0 Å². The second-order valence-electron chi connectivity index (χ2n) is 6.97. The lowest BCUT2D eigenvalue weighted by atomic mass is 10.0. The number of aromatic nitrogens is 3.